The molecule has 0 fully saturated rings. The second kappa shape index (κ2) is 6.36. The Morgan fingerprint density at radius 3 is 2.59 bits per heavy atom. The lowest BCUT2D eigenvalue weighted by Gasteiger charge is -2.21. The van der Waals surface area contributed by atoms with Gasteiger partial charge in [-0.15, -0.1) is 0 Å². The number of aryl methyl sites for hydroxylation is 1. The molecule has 0 saturated carbocycles. The van der Waals surface area contributed by atoms with E-state index in [1.807, 2.05) is 31.2 Å². The van der Waals surface area contributed by atoms with Gasteiger partial charge in [0.25, 0.3) is 0 Å². The minimum atomic E-state index is 0.160. The highest BCUT2D eigenvalue weighted by molar-refractivity contribution is 5.89. The van der Waals surface area contributed by atoms with E-state index in [1.165, 1.54) is 5.71 Å². The summed E-state index contributed by atoms with van der Waals surface area (Å²) in [6.07, 6.45) is 1.92. The fourth-order valence-electron chi connectivity index (χ4n) is 2.75. The molecule has 3 rings (SSSR count). The van der Waals surface area contributed by atoms with Crippen molar-refractivity contribution in [1.82, 2.24) is 4.90 Å². The van der Waals surface area contributed by atoms with E-state index in [-0.39, 0.29) is 6.04 Å². The van der Waals surface area contributed by atoms with Crippen molar-refractivity contribution in [2.45, 2.75) is 25.8 Å². The lowest BCUT2D eigenvalue weighted by Crippen LogP contribution is -2.18. The van der Waals surface area contributed by atoms with Crippen LogP contribution in [0.1, 0.15) is 30.4 Å². The van der Waals surface area contributed by atoms with E-state index in [1.54, 1.807) is 0 Å². The topological polar surface area (TPSA) is 32.0 Å². The normalized spacial score (nSPS) is 18.1. The minimum absolute atomic E-state index is 0.160. The van der Waals surface area contributed by atoms with Gasteiger partial charge in [-0.1, -0.05) is 18.2 Å². The summed E-state index contributed by atoms with van der Waals surface area (Å²) in [6, 6.07) is 14.6. The van der Waals surface area contributed by atoms with E-state index in [4.69, 9.17) is 9.52 Å². The SMILES string of the molecule is Cc1ccc(C2CC(CCN(C)C)=NN2c2ccccc2)o1. The Morgan fingerprint density at radius 2 is 1.95 bits per heavy atom. The van der Waals surface area contributed by atoms with Crippen LogP contribution in [-0.2, 0) is 0 Å². The number of rotatable bonds is 5. The van der Waals surface area contributed by atoms with Gasteiger partial charge in [-0.2, -0.15) is 5.10 Å². The number of para-hydroxylation sites is 1. The Balaban J connectivity index is 1.86. The Morgan fingerprint density at radius 1 is 1.18 bits per heavy atom. The van der Waals surface area contributed by atoms with E-state index in [0.717, 1.165) is 36.6 Å². The summed E-state index contributed by atoms with van der Waals surface area (Å²) >= 11 is 0. The van der Waals surface area contributed by atoms with E-state index >= 15 is 0 Å². The van der Waals surface area contributed by atoms with Gasteiger partial charge in [0.05, 0.1) is 5.69 Å². The molecular formula is C18H23N3O. The lowest BCUT2D eigenvalue weighted by atomic mass is 10.1. The van der Waals surface area contributed by atoms with E-state index in [0.29, 0.717) is 0 Å². The third-order valence-corrected chi connectivity index (χ3v) is 3.93. The van der Waals surface area contributed by atoms with Crippen LogP contribution in [0.2, 0.25) is 0 Å². The van der Waals surface area contributed by atoms with Crippen molar-refractivity contribution in [3.63, 3.8) is 0 Å². The van der Waals surface area contributed by atoms with Gasteiger partial charge in [-0.05, 0) is 45.3 Å². The zero-order valence-electron chi connectivity index (χ0n) is 13.5. The quantitative estimate of drug-likeness (QED) is 0.840. The molecule has 2 heterocycles. The highest BCUT2D eigenvalue weighted by atomic mass is 16.3. The molecule has 1 atom stereocenters. The van der Waals surface area contributed by atoms with Crippen molar-refractivity contribution >= 4 is 11.4 Å². The lowest BCUT2D eigenvalue weighted by molar-refractivity contribution is 0.420. The molecule has 1 aliphatic heterocycles. The summed E-state index contributed by atoms with van der Waals surface area (Å²) in [5, 5.41) is 6.96. The first-order chi connectivity index (χ1) is 10.6. The summed E-state index contributed by atoms with van der Waals surface area (Å²) < 4.78 is 5.87. The van der Waals surface area contributed by atoms with Gasteiger partial charge < -0.3 is 9.32 Å². The predicted molar refractivity (Wildman–Crippen MR) is 90.3 cm³/mol. The van der Waals surface area contributed by atoms with Gasteiger partial charge in [0.15, 0.2) is 0 Å². The largest absolute Gasteiger partial charge is 0.464 e. The highest BCUT2D eigenvalue weighted by Gasteiger charge is 2.31. The van der Waals surface area contributed by atoms with Crippen molar-refractivity contribution in [3.8, 4) is 0 Å². The summed E-state index contributed by atoms with van der Waals surface area (Å²) in [5.74, 6) is 1.94. The third kappa shape index (κ3) is 3.22. The Labute approximate surface area is 132 Å². The molecular weight excluding hydrogens is 274 g/mol. The van der Waals surface area contributed by atoms with Crippen molar-refractivity contribution in [2.24, 2.45) is 5.10 Å². The van der Waals surface area contributed by atoms with Crippen LogP contribution in [-0.4, -0.2) is 31.3 Å². The smallest absolute Gasteiger partial charge is 0.129 e. The van der Waals surface area contributed by atoms with Gasteiger partial charge in [-0.3, -0.25) is 5.01 Å². The standard InChI is InChI=1S/C18H23N3O/c1-14-9-10-18(22-14)17-13-15(11-12-20(2)3)19-21(17)16-7-5-4-6-8-16/h4-10,17H,11-13H2,1-3H3. The first-order valence-electron chi connectivity index (χ1n) is 7.75. The van der Waals surface area contributed by atoms with E-state index in [2.05, 4.69) is 42.2 Å². The van der Waals surface area contributed by atoms with E-state index < -0.39 is 0 Å². The van der Waals surface area contributed by atoms with Crippen LogP contribution < -0.4 is 5.01 Å². The Hall–Kier alpha value is -2.07. The van der Waals surface area contributed by atoms with Crippen LogP contribution in [0.25, 0.3) is 0 Å². The van der Waals surface area contributed by atoms with Gasteiger partial charge in [0, 0.05) is 25.1 Å². The summed E-state index contributed by atoms with van der Waals surface area (Å²) in [5.41, 5.74) is 2.35. The highest BCUT2D eigenvalue weighted by Crippen LogP contribution is 2.36. The number of hydrazone groups is 1. The molecule has 0 N–H and O–H groups in total. The second-order valence-corrected chi connectivity index (χ2v) is 6.07. The molecule has 0 spiro atoms. The van der Waals surface area contributed by atoms with Crippen LogP contribution in [0, 0.1) is 6.92 Å². The molecule has 0 radical (unpaired) electrons. The molecule has 0 saturated heterocycles. The number of furan rings is 1. The Kier molecular flexibility index (Phi) is 4.29. The number of hydrogen-bond donors (Lipinski definition) is 0. The number of hydrogen-bond acceptors (Lipinski definition) is 4. The van der Waals surface area contributed by atoms with E-state index in [9.17, 15) is 0 Å². The third-order valence-electron chi connectivity index (χ3n) is 3.93. The first kappa shape index (κ1) is 14.9. The van der Waals surface area contributed by atoms with Gasteiger partial charge >= 0.3 is 0 Å². The molecule has 22 heavy (non-hydrogen) atoms. The summed E-state index contributed by atoms with van der Waals surface area (Å²) in [4.78, 5) is 2.19. The van der Waals surface area contributed by atoms with Gasteiger partial charge in [-0.25, -0.2) is 0 Å². The van der Waals surface area contributed by atoms with Crippen molar-refractivity contribution < 1.29 is 4.42 Å². The molecule has 1 aromatic carbocycles. The molecule has 4 heteroatoms. The van der Waals surface area contributed by atoms with Crippen molar-refractivity contribution in [3.05, 3.63) is 54.0 Å². The molecule has 1 unspecified atom stereocenters. The average molecular weight is 297 g/mol. The predicted octanol–water partition coefficient (Wildman–Crippen LogP) is 3.85. The average Bonchev–Trinajstić information content (AvgIpc) is 3.12. The molecule has 2 aromatic rings. The molecule has 116 valence electrons. The molecule has 1 aromatic heterocycles. The first-order valence-corrected chi connectivity index (χ1v) is 7.75. The maximum atomic E-state index is 5.87. The number of anilines is 1. The maximum Gasteiger partial charge on any atom is 0.129 e. The van der Waals surface area contributed by atoms with Crippen LogP contribution in [0.5, 0.6) is 0 Å². The molecule has 0 amide bonds. The second-order valence-electron chi connectivity index (χ2n) is 6.07. The Bertz CT molecular complexity index is 645. The van der Waals surface area contributed by atoms with Crippen LogP contribution in [0.3, 0.4) is 0 Å². The molecule has 0 bridgehead atoms. The maximum absolute atomic E-state index is 5.87. The fourth-order valence-corrected chi connectivity index (χ4v) is 2.75. The van der Waals surface area contributed by atoms with Crippen LogP contribution in [0.4, 0.5) is 5.69 Å². The fraction of sp³-hybridized carbons (Fsp3) is 0.389. The zero-order chi connectivity index (χ0) is 15.5. The monoisotopic (exact) mass is 297 g/mol. The number of benzene rings is 1. The number of nitrogens with zero attached hydrogens (tertiary/aromatic N) is 3. The van der Waals surface area contributed by atoms with Gasteiger partial charge in [0.2, 0.25) is 0 Å². The van der Waals surface area contributed by atoms with Crippen molar-refractivity contribution in [2.75, 3.05) is 25.6 Å². The van der Waals surface area contributed by atoms with Crippen LogP contribution >= 0.6 is 0 Å². The molecule has 1 aliphatic rings. The van der Waals surface area contributed by atoms with Gasteiger partial charge in [0.1, 0.15) is 17.6 Å². The van der Waals surface area contributed by atoms with Crippen LogP contribution in [0.15, 0.2) is 52.0 Å². The molecule has 4 nitrogen and oxygen atoms in total. The molecule has 0 aliphatic carbocycles. The minimum Gasteiger partial charge on any atom is -0.464 e. The summed E-state index contributed by atoms with van der Waals surface area (Å²) in [7, 11) is 4.19. The zero-order valence-corrected chi connectivity index (χ0v) is 13.5. The van der Waals surface area contributed by atoms with Crippen molar-refractivity contribution in [1.29, 1.82) is 0 Å². The summed E-state index contributed by atoms with van der Waals surface area (Å²) in [6.45, 7) is 3.00.